The Morgan fingerprint density at radius 3 is 1.90 bits per heavy atom. The molecule has 0 spiro atoms. The number of carbonyl (C=O) groups is 2. The van der Waals surface area contributed by atoms with Crippen molar-refractivity contribution in [2.75, 3.05) is 33.0 Å². The second kappa shape index (κ2) is 20.0. The van der Waals surface area contributed by atoms with Crippen LogP contribution in [-0.2, 0) is 29.2 Å². The fraction of sp³-hybridized carbons (Fsp3) is 0.515. The number of ether oxygens (including phenoxy) is 1. The quantitative estimate of drug-likeness (QED) is 0.0870. The van der Waals surface area contributed by atoms with Crippen LogP contribution in [0, 0.1) is 0 Å². The number of alkyl carbamates (subject to hydrolysis) is 1. The maximum Gasteiger partial charge on any atom is 0.500 e. The van der Waals surface area contributed by atoms with Crippen molar-refractivity contribution in [2.45, 2.75) is 78.7 Å². The average molecular weight is 600 g/mol. The summed E-state index contributed by atoms with van der Waals surface area (Å²) in [5.41, 5.74) is 4.83. The molecule has 0 unspecified atom stereocenters. The van der Waals surface area contributed by atoms with Gasteiger partial charge in [0.1, 0.15) is 0 Å². The largest absolute Gasteiger partial charge is 0.500 e. The zero-order chi connectivity index (χ0) is 30.6. The van der Waals surface area contributed by atoms with Gasteiger partial charge in [-0.2, -0.15) is 0 Å². The minimum absolute atomic E-state index is 0.330. The Morgan fingerprint density at radius 2 is 1.36 bits per heavy atom. The van der Waals surface area contributed by atoms with Crippen LogP contribution in [0.1, 0.15) is 77.3 Å². The Labute approximate surface area is 252 Å². The Morgan fingerprint density at radius 1 is 0.786 bits per heavy atom. The van der Waals surface area contributed by atoms with Crippen molar-refractivity contribution in [3.63, 3.8) is 0 Å². The number of rotatable bonds is 21. The first-order chi connectivity index (χ1) is 20.4. The van der Waals surface area contributed by atoms with Crippen LogP contribution in [0.3, 0.4) is 0 Å². The molecule has 9 heteroatoms. The highest BCUT2D eigenvalue weighted by Gasteiger charge is 2.39. The van der Waals surface area contributed by atoms with Crippen LogP contribution in [0.15, 0.2) is 54.1 Å². The molecule has 0 aliphatic heterocycles. The van der Waals surface area contributed by atoms with Gasteiger partial charge in [0, 0.05) is 38.0 Å². The summed E-state index contributed by atoms with van der Waals surface area (Å²) < 4.78 is 22.8. The number of benzene rings is 2. The number of nitrogens with one attached hydrogen (secondary N) is 1. The lowest BCUT2D eigenvalue weighted by Crippen LogP contribution is -2.46. The molecule has 1 amide bonds. The first-order valence-electron chi connectivity index (χ1n) is 15.3. The summed E-state index contributed by atoms with van der Waals surface area (Å²) in [5.74, 6) is -0.891. The first kappa shape index (κ1) is 35.2. The molecule has 0 saturated carbocycles. The molecule has 232 valence electrons. The van der Waals surface area contributed by atoms with Crippen molar-refractivity contribution >= 4 is 26.9 Å². The molecule has 0 bridgehead atoms. The lowest BCUT2D eigenvalue weighted by Gasteiger charge is -2.28. The third-order valence-corrected chi connectivity index (χ3v) is 9.97. The van der Waals surface area contributed by atoms with Crippen LogP contribution in [0.5, 0.6) is 0 Å². The predicted molar refractivity (Wildman–Crippen MR) is 169 cm³/mol. The third kappa shape index (κ3) is 12.9. The van der Waals surface area contributed by atoms with Crippen LogP contribution in [0.2, 0.25) is 6.04 Å². The highest BCUT2D eigenvalue weighted by atomic mass is 28.4. The van der Waals surface area contributed by atoms with Crippen molar-refractivity contribution in [1.82, 2.24) is 5.32 Å². The molecule has 0 aliphatic carbocycles. The second-order valence-electron chi connectivity index (χ2n) is 9.96. The molecular formula is C33H49NO7Si. The van der Waals surface area contributed by atoms with Gasteiger partial charge in [-0.15, -0.1) is 0 Å². The normalized spacial score (nSPS) is 11.9. The monoisotopic (exact) mass is 599 g/mol. The molecule has 0 atom stereocenters. The molecule has 0 heterocycles. The predicted octanol–water partition coefficient (Wildman–Crippen LogP) is 7.50. The van der Waals surface area contributed by atoms with E-state index in [2.05, 4.69) is 36.5 Å². The minimum Gasteiger partial charge on any atom is -0.478 e. The standard InChI is InChI=1S/C33H49NO7Si/c1-5-27-15-19-29(20-16-27)30-21-17-28(18-22-30)26-31(32(35)36)14-11-9-10-12-24-38-33(37)34-23-13-25-42(39-6-2,40-7-3)41-8-4/h15-22,26H,5-14,23-25H2,1-4H3,(H,34,37)(H,35,36)/b31-26+. The maximum atomic E-state index is 12.0. The Bertz CT molecular complexity index is 1070. The average Bonchev–Trinajstić information content (AvgIpc) is 2.99. The number of amides is 1. The van der Waals surface area contributed by atoms with Gasteiger partial charge < -0.3 is 28.4 Å². The van der Waals surface area contributed by atoms with E-state index in [1.807, 2.05) is 45.0 Å². The van der Waals surface area contributed by atoms with Crippen LogP contribution < -0.4 is 5.32 Å². The third-order valence-electron chi connectivity index (χ3n) is 6.82. The number of hydrogen-bond acceptors (Lipinski definition) is 6. The molecule has 2 aromatic carbocycles. The lowest BCUT2D eigenvalue weighted by molar-refractivity contribution is -0.132. The number of carboxylic acid groups (broad SMARTS) is 1. The van der Waals surface area contributed by atoms with E-state index in [0.717, 1.165) is 48.8 Å². The summed E-state index contributed by atoms with van der Waals surface area (Å²) in [6, 6.07) is 17.1. The number of aryl methyl sites for hydroxylation is 1. The minimum atomic E-state index is -2.70. The molecule has 2 N–H and O–H groups in total. The molecule has 0 aliphatic rings. The summed E-state index contributed by atoms with van der Waals surface area (Å²) >= 11 is 0. The van der Waals surface area contributed by atoms with Gasteiger partial charge in [0.15, 0.2) is 0 Å². The molecule has 8 nitrogen and oxygen atoms in total. The van der Waals surface area contributed by atoms with E-state index in [-0.39, 0.29) is 0 Å². The number of unbranched alkanes of at least 4 members (excludes halogenated alkanes) is 3. The van der Waals surface area contributed by atoms with Crippen LogP contribution >= 0.6 is 0 Å². The van der Waals surface area contributed by atoms with Gasteiger partial charge in [0.25, 0.3) is 0 Å². The van der Waals surface area contributed by atoms with Gasteiger partial charge in [-0.1, -0.05) is 68.3 Å². The fourth-order valence-electron chi connectivity index (χ4n) is 4.63. The SMILES string of the molecule is CCO[Si](CCCNC(=O)OCCCCCC/C(=C\c1ccc(-c2ccc(CC)cc2)cc1)C(=O)O)(OCC)OCC. The Hall–Kier alpha value is -2.98. The van der Waals surface area contributed by atoms with E-state index in [9.17, 15) is 14.7 Å². The summed E-state index contributed by atoms with van der Waals surface area (Å²) in [7, 11) is -2.70. The Balaban J connectivity index is 1.66. The second-order valence-corrected chi connectivity index (χ2v) is 12.7. The summed E-state index contributed by atoms with van der Waals surface area (Å²) in [5, 5.41) is 12.5. The number of hydrogen-bond donors (Lipinski definition) is 2. The molecule has 0 saturated heterocycles. The zero-order valence-corrected chi connectivity index (χ0v) is 26.8. The smallest absolute Gasteiger partial charge is 0.478 e. The molecule has 2 aromatic rings. The van der Waals surface area contributed by atoms with E-state index in [1.165, 1.54) is 5.56 Å². The Kier molecular flexibility index (Phi) is 16.8. The summed E-state index contributed by atoms with van der Waals surface area (Å²) in [4.78, 5) is 23.8. The number of carboxylic acids is 1. The molecule has 42 heavy (non-hydrogen) atoms. The maximum absolute atomic E-state index is 12.0. The molecule has 0 fully saturated rings. The van der Waals surface area contributed by atoms with Crippen LogP contribution in [-0.4, -0.2) is 58.9 Å². The topological polar surface area (TPSA) is 103 Å². The van der Waals surface area contributed by atoms with E-state index >= 15 is 0 Å². The molecule has 2 rings (SSSR count). The number of carbonyl (C=O) groups excluding carboxylic acids is 1. The summed E-state index contributed by atoms with van der Waals surface area (Å²) in [6.45, 7) is 10.3. The summed E-state index contributed by atoms with van der Waals surface area (Å²) in [6.07, 6.45) is 6.71. The molecule has 0 aromatic heterocycles. The first-order valence-corrected chi connectivity index (χ1v) is 17.2. The van der Waals surface area contributed by atoms with E-state index in [0.29, 0.717) is 57.4 Å². The lowest BCUT2D eigenvalue weighted by atomic mass is 10.00. The van der Waals surface area contributed by atoms with Crippen molar-refractivity contribution in [1.29, 1.82) is 0 Å². The highest BCUT2D eigenvalue weighted by Crippen LogP contribution is 2.22. The van der Waals surface area contributed by atoms with Gasteiger partial charge in [-0.3, -0.25) is 0 Å². The van der Waals surface area contributed by atoms with Gasteiger partial charge in [0.05, 0.1) is 6.61 Å². The van der Waals surface area contributed by atoms with Crippen molar-refractivity contribution in [3.05, 3.63) is 65.2 Å². The molecular weight excluding hydrogens is 550 g/mol. The van der Waals surface area contributed by atoms with Crippen LogP contribution in [0.4, 0.5) is 4.79 Å². The van der Waals surface area contributed by atoms with E-state index < -0.39 is 20.9 Å². The van der Waals surface area contributed by atoms with Gasteiger partial charge in [0.2, 0.25) is 0 Å². The van der Waals surface area contributed by atoms with E-state index in [1.54, 1.807) is 6.08 Å². The van der Waals surface area contributed by atoms with E-state index in [4.69, 9.17) is 18.0 Å². The van der Waals surface area contributed by atoms with Gasteiger partial charge >= 0.3 is 20.9 Å². The zero-order valence-electron chi connectivity index (χ0n) is 25.8. The van der Waals surface area contributed by atoms with Crippen molar-refractivity contribution < 1.29 is 32.7 Å². The van der Waals surface area contributed by atoms with Gasteiger partial charge in [-0.25, -0.2) is 9.59 Å². The van der Waals surface area contributed by atoms with Crippen molar-refractivity contribution in [2.24, 2.45) is 0 Å². The van der Waals surface area contributed by atoms with Crippen molar-refractivity contribution in [3.8, 4) is 11.1 Å². The molecule has 0 radical (unpaired) electrons. The van der Waals surface area contributed by atoms with Crippen LogP contribution in [0.25, 0.3) is 17.2 Å². The fourth-order valence-corrected chi connectivity index (χ4v) is 7.24. The highest BCUT2D eigenvalue weighted by molar-refractivity contribution is 6.60. The van der Waals surface area contributed by atoms with Gasteiger partial charge in [-0.05, 0) is 81.2 Å². The number of aliphatic carboxylic acids is 1.